The molecule has 0 bridgehead atoms. The lowest BCUT2D eigenvalue weighted by Crippen LogP contribution is -2.20. The van der Waals surface area contributed by atoms with Gasteiger partial charge in [-0.25, -0.2) is 15.0 Å². The number of fused-ring (bicyclic) bond motifs is 1. The highest BCUT2D eigenvalue weighted by Gasteiger charge is 2.35. The summed E-state index contributed by atoms with van der Waals surface area (Å²) in [4.78, 5) is 16.2. The van der Waals surface area contributed by atoms with Gasteiger partial charge >= 0.3 is 6.18 Å². The quantitative estimate of drug-likeness (QED) is 0.620. The third-order valence-corrected chi connectivity index (χ3v) is 3.12. The van der Waals surface area contributed by atoms with Crippen LogP contribution in [0.5, 0.6) is 0 Å². The molecule has 0 N–H and O–H groups in total. The fraction of sp³-hybridized carbons (Fsp3) is 0.429. The van der Waals surface area contributed by atoms with Crippen LogP contribution in [0, 0.1) is 12.8 Å². The Balaban J connectivity index is 0.00000116. The van der Waals surface area contributed by atoms with Crippen LogP contribution in [0.3, 0.4) is 0 Å². The molecule has 0 aliphatic carbocycles. The maximum absolute atomic E-state index is 12.5. The summed E-state index contributed by atoms with van der Waals surface area (Å²) in [5, 5.41) is -0.0351. The maximum Gasteiger partial charge on any atom is 0.391 e. The van der Waals surface area contributed by atoms with Crippen molar-refractivity contribution in [3.8, 4) is 0 Å². The van der Waals surface area contributed by atoms with Crippen molar-refractivity contribution in [1.29, 1.82) is 0 Å². The van der Waals surface area contributed by atoms with Gasteiger partial charge in [0.25, 0.3) is 0 Å². The van der Waals surface area contributed by atoms with Gasteiger partial charge in [0.2, 0.25) is 5.28 Å². The second kappa shape index (κ2) is 7.49. The first kappa shape index (κ1) is 18.3. The molecule has 0 aliphatic heterocycles. The van der Waals surface area contributed by atoms with Crippen molar-refractivity contribution in [3.05, 3.63) is 36.0 Å². The second-order valence-electron chi connectivity index (χ2n) is 4.60. The van der Waals surface area contributed by atoms with E-state index in [4.69, 9.17) is 11.6 Å². The van der Waals surface area contributed by atoms with E-state index in [9.17, 15) is 13.2 Å². The van der Waals surface area contributed by atoms with Crippen molar-refractivity contribution < 1.29 is 13.2 Å². The number of nitrogens with zero attached hydrogens (tertiary/aromatic N) is 4. The molecule has 2 heterocycles. The number of hydrogen-bond donors (Lipinski definition) is 0. The molecule has 0 saturated heterocycles. The highest BCUT2D eigenvalue weighted by molar-refractivity contribution is 6.28. The van der Waals surface area contributed by atoms with Crippen LogP contribution in [-0.4, -0.2) is 26.1 Å². The molecule has 8 heteroatoms. The number of aryl methyl sites for hydroxylation is 2. The van der Waals surface area contributed by atoms with E-state index in [0.717, 1.165) is 6.92 Å². The smallest absolute Gasteiger partial charge is 0.249 e. The van der Waals surface area contributed by atoms with Gasteiger partial charge in [-0.3, -0.25) is 0 Å². The predicted octanol–water partition coefficient (Wildman–Crippen LogP) is 4.31. The molecule has 0 radical (unpaired) electrons. The standard InChI is InChI=1S/C12H12ClF3N4.C2H4/c1-6(12(14,15)16)3-4-8-9-10(20-11(13)19-8)18-7(2)5-17-9;1-2/h5-6H,3-4H2,1-2H3;1-2H2. The molecule has 0 saturated carbocycles. The Morgan fingerprint density at radius 2 is 1.86 bits per heavy atom. The Morgan fingerprint density at radius 3 is 2.45 bits per heavy atom. The summed E-state index contributed by atoms with van der Waals surface area (Å²) in [6, 6.07) is 0. The molecule has 2 rings (SSSR count). The summed E-state index contributed by atoms with van der Waals surface area (Å²) in [5.41, 5.74) is 1.75. The van der Waals surface area contributed by atoms with Crippen molar-refractivity contribution >= 4 is 22.8 Å². The van der Waals surface area contributed by atoms with Crippen LogP contribution in [0.25, 0.3) is 11.2 Å². The van der Waals surface area contributed by atoms with Gasteiger partial charge in [0.05, 0.1) is 17.3 Å². The van der Waals surface area contributed by atoms with Crippen molar-refractivity contribution in [3.63, 3.8) is 0 Å². The van der Waals surface area contributed by atoms with Gasteiger partial charge < -0.3 is 0 Å². The Morgan fingerprint density at radius 1 is 1.23 bits per heavy atom. The molecule has 0 aliphatic rings. The Labute approximate surface area is 131 Å². The van der Waals surface area contributed by atoms with Crippen molar-refractivity contribution in [2.75, 3.05) is 0 Å². The molecule has 4 nitrogen and oxygen atoms in total. The molecule has 0 aromatic carbocycles. The van der Waals surface area contributed by atoms with Gasteiger partial charge in [-0.2, -0.15) is 18.2 Å². The van der Waals surface area contributed by atoms with Gasteiger partial charge in [-0.15, -0.1) is 13.2 Å². The van der Waals surface area contributed by atoms with E-state index in [2.05, 4.69) is 33.1 Å². The monoisotopic (exact) mass is 332 g/mol. The van der Waals surface area contributed by atoms with E-state index in [0.29, 0.717) is 22.6 Å². The zero-order chi connectivity index (χ0) is 16.9. The summed E-state index contributed by atoms with van der Waals surface area (Å²) in [6.45, 7) is 8.88. The van der Waals surface area contributed by atoms with Gasteiger partial charge in [-0.05, 0) is 31.4 Å². The van der Waals surface area contributed by atoms with Crippen molar-refractivity contribution in [1.82, 2.24) is 19.9 Å². The summed E-state index contributed by atoms with van der Waals surface area (Å²) in [7, 11) is 0. The van der Waals surface area contributed by atoms with Crippen LogP contribution in [-0.2, 0) is 6.42 Å². The summed E-state index contributed by atoms with van der Waals surface area (Å²) < 4.78 is 37.5. The molecule has 0 amide bonds. The number of alkyl halides is 3. The van der Waals surface area contributed by atoms with E-state index in [1.807, 2.05) is 0 Å². The van der Waals surface area contributed by atoms with Gasteiger partial charge in [-0.1, -0.05) is 6.92 Å². The Kier molecular flexibility index (Phi) is 6.22. The SMILES string of the molecule is C=C.Cc1cnc2c(CCC(C)C(F)(F)F)nc(Cl)nc2n1. The number of halogens is 4. The third-order valence-electron chi connectivity index (χ3n) is 2.95. The minimum atomic E-state index is -4.21. The molecule has 0 fully saturated rings. The highest BCUT2D eigenvalue weighted by Crippen LogP contribution is 2.29. The average Bonchev–Trinajstić information content (AvgIpc) is 2.44. The zero-order valence-corrected chi connectivity index (χ0v) is 13.0. The average molecular weight is 333 g/mol. The minimum absolute atomic E-state index is 0.0351. The van der Waals surface area contributed by atoms with Gasteiger partial charge in [0.1, 0.15) is 5.52 Å². The maximum atomic E-state index is 12.5. The summed E-state index contributed by atoms with van der Waals surface area (Å²) in [5.74, 6) is -1.41. The van der Waals surface area contributed by atoms with Crippen LogP contribution in [0.4, 0.5) is 13.2 Å². The second-order valence-corrected chi connectivity index (χ2v) is 4.94. The fourth-order valence-electron chi connectivity index (χ4n) is 1.71. The highest BCUT2D eigenvalue weighted by atomic mass is 35.5. The minimum Gasteiger partial charge on any atom is -0.249 e. The number of aromatic nitrogens is 4. The van der Waals surface area contributed by atoms with Crippen LogP contribution in [0.2, 0.25) is 5.28 Å². The van der Waals surface area contributed by atoms with Gasteiger partial charge in [0, 0.05) is 6.20 Å². The largest absolute Gasteiger partial charge is 0.391 e. The van der Waals surface area contributed by atoms with Crippen LogP contribution in [0.1, 0.15) is 24.7 Å². The Bertz CT molecular complexity index is 641. The lowest BCUT2D eigenvalue weighted by atomic mass is 10.0. The molecule has 120 valence electrons. The third kappa shape index (κ3) is 4.62. The van der Waals surface area contributed by atoms with Crippen molar-refractivity contribution in [2.45, 2.75) is 32.9 Å². The topological polar surface area (TPSA) is 51.6 Å². The molecule has 2 aromatic heterocycles. The predicted molar refractivity (Wildman–Crippen MR) is 79.7 cm³/mol. The van der Waals surface area contributed by atoms with Crippen LogP contribution >= 0.6 is 11.6 Å². The van der Waals surface area contributed by atoms with E-state index < -0.39 is 12.1 Å². The molecule has 0 spiro atoms. The summed E-state index contributed by atoms with van der Waals surface area (Å²) >= 11 is 5.77. The number of hydrogen-bond acceptors (Lipinski definition) is 4. The molecular formula is C14H16ClF3N4. The van der Waals surface area contributed by atoms with E-state index in [1.165, 1.54) is 6.20 Å². The first-order valence-electron chi connectivity index (χ1n) is 6.50. The Hall–Kier alpha value is -1.76. The molecule has 2 aromatic rings. The fourth-order valence-corrected chi connectivity index (χ4v) is 1.90. The van der Waals surface area contributed by atoms with E-state index in [1.54, 1.807) is 6.92 Å². The molecule has 1 atom stereocenters. The first-order valence-corrected chi connectivity index (χ1v) is 6.87. The molecule has 22 heavy (non-hydrogen) atoms. The van der Waals surface area contributed by atoms with E-state index in [-0.39, 0.29) is 18.1 Å². The normalized spacial score (nSPS) is 12.6. The molecular weight excluding hydrogens is 317 g/mol. The van der Waals surface area contributed by atoms with Crippen LogP contribution < -0.4 is 0 Å². The van der Waals surface area contributed by atoms with Crippen molar-refractivity contribution in [2.24, 2.45) is 5.92 Å². The molecule has 1 unspecified atom stereocenters. The first-order chi connectivity index (χ1) is 10.3. The zero-order valence-electron chi connectivity index (χ0n) is 12.3. The van der Waals surface area contributed by atoms with Crippen LogP contribution in [0.15, 0.2) is 19.4 Å². The summed E-state index contributed by atoms with van der Waals surface area (Å²) in [6.07, 6.45) is -2.65. The lowest BCUT2D eigenvalue weighted by Gasteiger charge is -2.15. The van der Waals surface area contributed by atoms with E-state index >= 15 is 0 Å². The number of rotatable bonds is 3. The van der Waals surface area contributed by atoms with Gasteiger partial charge in [0.15, 0.2) is 5.65 Å². The lowest BCUT2D eigenvalue weighted by molar-refractivity contribution is -0.170.